The fourth-order valence-electron chi connectivity index (χ4n) is 2.22. The first kappa shape index (κ1) is 15.6. The average Bonchev–Trinajstić information content (AvgIpc) is 2.64. The van der Waals surface area contributed by atoms with E-state index >= 15 is 0 Å². The molecule has 0 spiro atoms. The molecule has 0 aliphatic carbocycles. The van der Waals surface area contributed by atoms with Crippen molar-refractivity contribution >= 4 is 17.6 Å². The minimum Gasteiger partial charge on any atom is -0.465 e. The summed E-state index contributed by atoms with van der Waals surface area (Å²) < 4.78 is 4.75. The Balaban J connectivity index is 0.00000225. The van der Waals surface area contributed by atoms with Crippen molar-refractivity contribution in [1.29, 1.82) is 0 Å². The molecule has 0 unspecified atom stereocenters. The van der Waals surface area contributed by atoms with Crippen LogP contribution in [0.25, 0.3) is 11.3 Å². The van der Waals surface area contributed by atoms with Gasteiger partial charge in [-0.1, -0.05) is 6.07 Å². The van der Waals surface area contributed by atoms with E-state index in [0.717, 1.165) is 22.5 Å². The molecule has 6 heteroatoms. The van der Waals surface area contributed by atoms with Crippen LogP contribution in [0.3, 0.4) is 0 Å². The second-order valence-corrected chi connectivity index (χ2v) is 5.15. The lowest BCUT2D eigenvalue weighted by Gasteiger charge is -2.10. The van der Waals surface area contributed by atoms with E-state index in [4.69, 9.17) is 4.74 Å². The van der Waals surface area contributed by atoms with Crippen LogP contribution in [0.1, 0.15) is 17.3 Å². The number of methoxy groups -OCH3 is 1. The highest BCUT2D eigenvalue weighted by Crippen LogP contribution is 2.22. The Labute approximate surface area is 141 Å². The first-order valence-electron chi connectivity index (χ1n) is 7.37. The van der Waals surface area contributed by atoms with Crippen molar-refractivity contribution in [2.24, 2.45) is 0 Å². The van der Waals surface area contributed by atoms with Crippen molar-refractivity contribution in [1.82, 2.24) is 15.0 Å². The Bertz CT molecular complexity index is 872. The van der Waals surface area contributed by atoms with E-state index in [2.05, 4.69) is 20.3 Å². The molecule has 0 bridgehead atoms. The molecule has 24 heavy (non-hydrogen) atoms. The number of hydrogen-bond donors (Lipinski definition) is 1. The average molecular weight is 322 g/mol. The smallest absolute Gasteiger partial charge is 0.337 e. The number of hydrogen-bond acceptors (Lipinski definition) is 6. The number of ether oxygens (including phenoxy) is 1. The number of anilines is 2. The number of carbonyl (C=O) groups is 1. The molecule has 0 fully saturated rings. The van der Waals surface area contributed by atoms with Gasteiger partial charge >= 0.3 is 5.97 Å². The zero-order valence-corrected chi connectivity index (χ0v) is 13.4. The predicted octanol–water partition coefficient (Wildman–Crippen LogP) is 3.62. The standard InChI is InChI=1S/C18H16N4O2.H2/c1-12-5-6-13(17(23)24-2)10-16(12)22-18-20-9-7-15(21-18)14-4-3-8-19-11-14;/h3-11H,1-2H3,(H,20,21,22);1H. The Kier molecular flexibility index (Phi) is 4.47. The van der Waals surface area contributed by atoms with Gasteiger partial charge in [-0.25, -0.2) is 14.8 Å². The maximum atomic E-state index is 11.7. The molecule has 0 radical (unpaired) electrons. The summed E-state index contributed by atoms with van der Waals surface area (Å²) in [5.41, 5.74) is 3.86. The molecule has 1 aromatic carbocycles. The van der Waals surface area contributed by atoms with Gasteiger partial charge in [0.05, 0.1) is 18.4 Å². The summed E-state index contributed by atoms with van der Waals surface area (Å²) in [7, 11) is 1.36. The van der Waals surface area contributed by atoms with E-state index in [1.165, 1.54) is 7.11 Å². The molecule has 0 aliphatic heterocycles. The molecule has 2 aromatic heterocycles. The second-order valence-electron chi connectivity index (χ2n) is 5.15. The molecule has 0 atom stereocenters. The maximum absolute atomic E-state index is 11.7. The molecule has 0 saturated heterocycles. The Hall–Kier alpha value is -3.28. The van der Waals surface area contributed by atoms with E-state index in [1.807, 2.05) is 31.2 Å². The first-order valence-corrected chi connectivity index (χ1v) is 7.37. The van der Waals surface area contributed by atoms with Crippen LogP contribution < -0.4 is 5.32 Å². The molecule has 3 aromatic rings. The van der Waals surface area contributed by atoms with Crippen molar-refractivity contribution in [3.05, 3.63) is 66.1 Å². The number of nitrogens with one attached hydrogen (secondary N) is 1. The topological polar surface area (TPSA) is 77.0 Å². The summed E-state index contributed by atoms with van der Waals surface area (Å²) >= 11 is 0. The number of pyridine rings is 1. The van der Waals surface area contributed by atoms with Gasteiger partial charge in [0, 0.05) is 31.3 Å². The van der Waals surface area contributed by atoms with Crippen molar-refractivity contribution in [3.8, 4) is 11.3 Å². The van der Waals surface area contributed by atoms with Crippen molar-refractivity contribution in [2.45, 2.75) is 6.92 Å². The van der Waals surface area contributed by atoms with Crippen LogP contribution in [-0.4, -0.2) is 28.0 Å². The minimum atomic E-state index is -0.386. The zero-order valence-electron chi connectivity index (χ0n) is 13.4. The summed E-state index contributed by atoms with van der Waals surface area (Å²) in [6, 6.07) is 10.9. The summed E-state index contributed by atoms with van der Waals surface area (Å²) in [4.78, 5) is 24.5. The molecule has 2 heterocycles. The molecule has 0 amide bonds. The molecule has 0 aliphatic rings. The largest absolute Gasteiger partial charge is 0.465 e. The highest BCUT2D eigenvalue weighted by Gasteiger charge is 2.09. The Morgan fingerprint density at radius 3 is 2.83 bits per heavy atom. The van der Waals surface area contributed by atoms with Crippen LogP contribution >= 0.6 is 0 Å². The lowest BCUT2D eigenvalue weighted by Crippen LogP contribution is -2.04. The van der Waals surface area contributed by atoms with Gasteiger partial charge in [0.2, 0.25) is 5.95 Å². The molecular formula is C18H18N4O2. The Morgan fingerprint density at radius 1 is 1.21 bits per heavy atom. The third-order valence-electron chi connectivity index (χ3n) is 3.52. The zero-order chi connectivity index (χ0) is 16.9. The number of benzene rings is 1. The van der Waals surface area contributed by atoms with E-state index in [0.29, 0.717) is 11.5 Å². The molecule has 6 nitrogen and oxygen atoms in total. The second kappa shape index (κ2) is 6.87. The third-order valence-corrected chi connectivity index (χ3v) is 3.52. The maximum Gasteiger partial charge on any atom is 0.337 e. The summed E-state index contributed by atoms with van der Waals surface area (Å²) in [6.07, 6.45) is 5.14. The fraction of sp³-hybridized carbons (Fsp3) is 0.111. The van der Waals surface area contributed by atoms with E-state index in [9.17, 15) is 4.79 Å². The van der Waals surface area contributed by atoms with E-state index in [1.54, 1.807) is 30.7 Å². The van der Waals surface area contributed by atoms with Gasteiger partial charge in [-0.05, 0) is 42.8 Å². The highest BCUT2D eigenvalue weighted by molar-refractivity contribution is 5.91. The summed E-state index contributed by atoms with van der Waals surface area (Å²) in [5.74, 6) is 0.0598. The number of aryl methyl sites for hydroxylation is 1. The first-order chi connectivity index (χ1) is 11.7. The third kappa shape index (κ3) is 3.38. The van der Waals surface area contributed by atoms with Gasteiger partial charge in [0.15, 0.2) is 0 Å². The summed E-state index contributed by atoms with van der Waals surface area (Å²) in [5, 5.41) is 3.15. The van der Waals surface area contributed by atoms with Gasteiger partial charge < -0.3 is 10.1 Å². The Morgan fingerprint density at radius 2 is 2.08 bits per heavy atom. The number of nitrogens with zero attached hydrogens (tertiary/aromatic N) is 3. The monoisotopic (exact) mass is 322 g/mol. The van der Waals surface area contributed by atoms with Gasteiger partial charge in [0.25, 0.3) is 0 Å². The molecule has 3 rings (SSSR count). The van der Waals surface area contributed by atoms with Crippen molar-refractivity contribution in [2.75, 3.05) is 12.4 Å². The van der Waals surface area contributed by atoms with Crippen LogP contribution in [0.2, 0.25) is 0 Å². The van der Waals surface area contributed by atoms with E-state index < -0.39 is 0 Å². The number of esters is 1. The van der Waals surface area contributed by atoms with Crippen LogP contribution in [0.5, 0.6) is 0 Å². The van der Waals surface area contributed by atoms with Crippen LogP contribution in [0.15, 0.2) is 55.0 Å². The number of rotatable bonds is 4. The molecular weight excluding hydrogens is 304 g/mol. The SMILES string of the molecule is COC(=O)c1ccc(C)c(Nc2nccc(-c3cccnc3)n2)c1.[HH]. The number of aromatic nitrogens is 3. The quantitative estimate of drug-likeness (QED) is 0.739. The van der Waals surface area contributed by atoms with Crippen LogP contribution in [0, 0.1) is 6.92 Å². The van der Waals surface area contributed by atoms with Crippen molar-refractivity contribution in [3.63, 3.8) is 0 Å². The fourth-order valence-corrected chi connectivity index (χ4v) is 2.22. The van der Waals surface area contributed by atoms with Gasteiger partial charge in [-0.15, -0.1) is 0 Å². The normalized spacial score (nSPS) is 10.2. The van der Waals surface area contributed by atoms with Gasteiger partial charge in [-0.3, -0.25) is 4.98 Å². The van der Waals surface area contributed by atoms with Gasteiger partial charge in [-0.2, -0.15) is 0 Å². The minimum absolute atomic E-state index is 0. The van der Waals surface area contributed by atoms with E-state index in [-0.39, 0.29) is 7.40 Å². The molecule has 1 N–H and O–H groups in total. The lowest BCUT2D eigenvalue weighted by molar-refractivity contribution is 0.0601. The lowest BCUT2D eigenvalue weighted by atomic mass is 10.1. The predicted molar refractivity (Wildman–Crippen MR) is 93.2 cm³/mol. The molecule has 0 saturated carbocycles. The van der Waals surface area contributed by atoms with Crippen LogP contribution in [0.4, 0.5) is 11.6 Å². The number of carbonyl (C=O) groups excluding carboxylic acids is 1. The molecule has 122 valence electrons. The highest BCUT2D eigenvalue weighted by atomic mass is 16.5. The van der Waals surface area contributed by atoms with Gasteiger partial charge in [0.1, 0.15) is 0 Å². The summed E-state index contributed by atoms with van der Waals surface area (Å²) in [6.45, 7) is 1.94. The van der Waals surface area contributed by atoms with Crippen molar-refractivity contribution < 1.29 is 11.0 Å². The van der Waals surface area contributed by atoms with Crippen LogP contribution in [-0.2, 0) is 4.74 Å².